The number of carbonyl (C=O) groups is 2. The zero-order valence-corrected chi connectivity index (χ0v) is 20.3. The fourth-order valence-electron chi connectivity index (χ4n) is 3.78. The maximum absolute atomic E-state index is 13.3. The van der Waals surface area contributed by atoms with Crippen LogP contribution in [0.3, 0.4) is 0 Å². The lowest BCUT2D eigenvalue weighted by molar-refractivity contribution is -0.117. The summed E-state index contributed by atoms with van der Waals surface area (Å²) in [6.07, 6.45) is 0. The molecule has 3 heterocycles. The summed E-state index contributed by atoms with van der Waals surface area (Å²) in [6.45, 7) is 1.68. The molecule has 0 radical (unpaired) electrons. The van der Waals surface area contributed by atoms with Crippen LogP contribution in [0, 0.1) is 12.7 Å². The van der Waals surface area contributed by atoms with Crippen molar-refractivity contribution in [3.63, 3.8) is 0 Å². The third-order valence-electron chi connectivity index (χ3n) is 5.50. The number of hydrogen-bond acceptors (Lipinski definition) is 9. The minimum absolute atomic E-state index is 0.00718. The van der Waals surface area contributed by atoms with Crippen molar-refractivity contribution >= 4 is 39.9 Å². The van der Waals surface area contributed by atoms with Gasteiger partial charge in [-0.05, 0) is 54.4 Å². The SMILES string of the molecule is Cc1ccc(C(=O)C2=C(O)C(=O)N(c3nnc(SCc4ccc(F)cc4)s3)C2c2ccc(O)cc2)o1. The molecule has 1 amide bonds. The number of rotatable bonds is 7. The molecule has 0 fully saturated rings. The zero-order chi connectivity index (χ0) is 25.4. The van der Waals surface area contributed by atoms with Crippen LogP contribution < -0.4 is 4.90 Å². The average molecular weight is 524 g/mol. The van der Waals surface area contributed by atoms with Crippen molar-refractivity contribution in [1.29, 1.82) is 0 Å². The second-order valence-electron chi connectivity index (χ2n) is 7.94. The Morgan fingerprint density at radius 3 is 2.47 bits per heavy atom. The van der Waals surface area contributed by atoms with E-state index in [1.165, 1.54) is 47.0 Å². The Bertz CT molecular complexity index is 1480. The second kappa shape index (κ2) is 9.59. The number of thioether (sulfide) groups is 1. The van der Waals surface area contributed by atoms with E-state index in [0.717, 1.165) is 16.9 Å². The first-order valence-corrected chi connectivity index (χ1v) is 12.5. The fraction of sp³-hybridized carbons (Fsp3) is 0.120. The molecule has 8 nitrogen and oxygen atoms in total. The van der Waals surface area contributed by atoms with Gasteiger partial charge in [0.1, 0.15) is 17.3 Å². The molecule has 0 spiro atoms. The first-order valence-electron chi connectivity index (χ1n) is 10.7. The van der Waals surface area contributed by atoms with Crippen molar-refractivity contribution in [2.24, 2.45) is 0 Å². The number of aliphatic hydroxyl groups excluding tert-OH is 1. The summed E-state index contributed by atoms with van der Waals surface area (Å²) < 4.78 is 19.2. The Morgan fingerprint density at radius 1 is 1.08 bits per heavy atom. The van der Waals surface area contributed by atoms with Crippen LogP contribution >= 0.6 is 23.1 Å². The minimum atomic E-state index is -1.01. The molecule has 1 atom stereocenters. The number of Topliss-reactive ketones (excluding diaryl/α,β-unsaturated/α-hetero) is 1. The van der Waals surface area contributed by atoms with Crippen molar-refractivity contribution in [2.45, 2.75) is 23.1 Å². The van der Waals surface area contributed by atoms with Gasteiger partial charge in [-0.15, -0.1) is 10.2 Å². The quantitative estimate of drug-likeness (QED) is 0.189. The largest absolute Gasteiger partial charge is 0.508 e. The van der Waals surface area contributed by atoms with Crippen molar-refractivity contribution in [3.05, 3.63) is 100 Å². The molecule has 2 aromatic carbocycles. The molecule has 1 aliphatic rings. The Labute approximate surface area is 212 Å². The van der Waals surface area contributed by atoms with E-state index in [-0.39, 0.29) is 28.0 Å². The average Bonchev–Trinajstić information content (AvgIpc) is 3.58. The fourth-order valence-corrected chi connectivity index (χ4v) is 5.60. The highest BCUT2D eigenvalue weighted by molar-refractivity contribution is 8.00. The van der Waals surface area contributed by atoms with Crippen LogP contribution in [0.5, 0.6) is 5.75 Å². The van der Waals surface area contributed by atoms with Gasteiger partial charge in [-0.25, -0.2) is 4.39 Å². The number of benzene rings is 2. The first-order chi connectivity index (χ1) is 17.3. The highest BCUT2D eigenvalue weighted by atomic mass is 32.2. The monoisotopic (exact) mass is 523 g/mol. The molecule has 1 aliphatic heterocycles. The van der Waals surface area contributed by atoms with Gasteiger partial charge >= 0.3 is 0 Å². The van der Waals surface area contributed by atoms with Crippen LogP contribution in [-0.4, -0.2) is 32.1 Å². The molecular weight excluding hydrogens is 505 g/mol. The number of anilines is 1. The number of phenolic OH excluding ortho intramolecular Hbond substituents is 1. The van der Waals surface area contributed by atoms with Crippen LogP contribution in [0.15, 0.2) is 80.8 Å². The molecule has 2 aromatic heterocycles. The Kier molecular flexibility index (Phi) is 6.33. The van der Waals surface area contributed by atoms with E-state index in [2.05, 4.69) is 10.2 Å². The lowest BCUT2D eigenvalue weighted by Gasteiger charge is -2.23. The number of aromatic nitrogens is 2. The molecular formula is C25H18FN3O5S2. The summed E-state index contributed by atoms with van der Waals surface area (Å²) in [5.74, 6) is -1.45. The van der Waals surface area contributed by atoms with E-state index in [0.29, 0.717) is 21.4 Å². The third kappa shape index (κ3) is 4.50. The molecule has 0 saturated heterocycles. The number of ketones is 1. The number of phenols is 1. The van der Waals surface area contributed by atoms with Gasteiger partial charge in [-0.1, -0.05) is 47.4 Å². The number of carbonyl (C=O) groups excluding carboxylic acids is 2. The second-order valence-corrected chi connectivity index (χ2v) is 10.1. The number of furan rings is 1. The standard InChI is InChI=1S/C25H18FN3O5S2/c1-13-2-11-18(34-13)21(31)19-20(15-5-9-17(30)10-6-15)29(23(33)22(19)32)24-27-28-25(36-24)35-12-14-3-7-16(26)8-4-14/h2-11,20,30,32H,12H2,1H3. The van der Waals surface area contributed by atoms with Gasteiger partial charge in [-0.2, -0.15) is 0 Å². The van der Waals surface area contributed by atoms with E-state index in [1.807, 2.05) is 0 Å². The van der Waals surface area contributed by atoms with Crippen LogP contribution in [0.2, 0.25) is 0 Å². The summed E-state index contributed by atoms with van der Waals surface area (Å²) in [5.41, 5.74) is 1.21. The van der Waals surface area contributed by atoms with Crippen molar-refractivity contribution in [1.82, 2.24) is 10.2 Å². The lowest BCUT2D eigenvalue weighted by Crippen LogP contribution is -2.31. The van der Waals surface area contributed by atoms with Crippen molar-refractivity contribution < 1.29 is 28.6 Å². The summed E-state index contributed by atoms with van der Waals surface area (Å²) in [5, 5.41) is 29.0. The summed E-state index contributed by atoms with van der Waals surface area (Å²) in [6, 6.07) is 14.1. The first kappa shape index (κ1) is 23.8. The van der Waals surface area contributed by atoms with Crippen LogP contribution in [0.25, 0.3) is 0 Å². The summed E-state index contributed by atoms with van der Waals surface area (Å²) >= 11 is 2.48. The van der Waals surface area contributed by atoms with Crippen LogP contribution in [0.1, 0.15) is 33.5 Å². The van der Waals surface area contributed by atoms with Crippen LogP contribution in [-0.2, 0) is 10.5 Å². The number of halogens is 1. The van der Waals surface area contributed by atoms with E-state index >= 15 is 0 Å². The Balaban J connectivity index is 1.48. The Hall–Kier alpha value is -3.96. The smallest absolute Gasteiger partial charge is 0.296 e. The highest BCUT2D eigenvalue weighted by Gasteiger charge is 2.46. The number of aromatic hydroxyl groups is 1. The summed E-state index contributed by atoms with van der Waals surface area (Å²) in [4.78, 5) is 27.8. The van der Waals surface area contributed by atoms with Gasteiger partial charge in [0.15, 0.2) is 15.9 Å². The molecule has 5 rings (SSSR count). The maximum atomic E-state index is 13.3. The molecule has 4 aromatic rings. The molecule has 0 saturated carbocycles. The molecule has 0 aliphatic carbocycles. The predicted octanol–water partition coefficient (Wildman–Crippen LogP) is 5.36. The van der Waals surface area contributed by atoms with Crippen LogP contribution in [0.4, 0.5) is 9.52 Å². The van der Waals surface area contributed by atoms with E-state index in [1.54, 1.807) is 37.3 Å². The summed E-state index contributed by atoms with van der Waals surface area (Å²) in [7, 11) is 0. The van der Waals surface area contributed by atoms with Gasteiger partial charge in [0.2, 0.25) is 10.9 Å². The van der Waals surface area contributed by atoms with Gasteiger partial charge < -0.3 is 14.6 Å². The topological polar surface area (TPSA) is 117 Å². The van der Waals surface area contributed by atoms with Gasteiger partial charge in [0, 0.05) is 5.75 Å². The van der Waals surface area contributed by atoms with Gasteiger partial charge in [0.25, 0.3) is 5.91 Å². The molecule has 2 N–H and O–H groups in total. The van der Waals surface area contributed by atoms with E-state index < -0.39 is 23.5 Å². The number of aryl methyl sites for hydroxylation is 1. The van der Waals surface area contributed by atoms with Gasteiger partial charge in [-0.3, -0.25) is 14.5 Å². The normalized spacial score (nSPS) is 15.7. The number of amides is 1. The minimum Gasteiger partial charge on any atom is -0.508 e. The highest BCUT2D eigenvalue weighted by Crippen LogP contribution is 2.44. The zero-order valence-electron chi connectivity index (χ0n) is 18.7. The molecule has 1 unspecified atom stereocenters. The maximum Gasteiger partial charge on any atom is 0.296 e. The Morgan fingerprint density at radius 2 is 1.81 bits per heavy atom. The molecule has 182 valence electrons. The van der Waals surface area contributed by atoms with E-state index in [9.17, 15) is 24.2 Å². The van der Waals surface area contributed by atoms with Crippen molar-refractivity contribution in [3.8, 4) is 5.75 Å². The predicted molar refractivity (Wildman–Crippen MR) is 132 cm³/mol. The molecule has 11 heteroatoms. The number of hydrogen-bond donors (Lipinski definition) is 2. The molecule has 36 heavy (non-hydrogen) atoms. The number of aliphatic hydroxyl groups is 1. The van der Waals surface area contributed by atoms with E-state index in [4.69, 9.17) is 4.42 Å². The van der Waals surface area contributed by atoms with Gasteiger partial charge in [0.05, 0.1) is 11.6 Å². The molecule has 0 bridgehead atoms. The number of nitrogens with zero attached hydrogens (tertiary/aromatic N) is 3. The van der Waals surface area contributed by atoms with Crippen molar-refractivity contribution in [2.75, 3.05) is 4.90 Å². The lowest BCUT2D eigenvalue weighted by atomic mass is 9.95. The third-order valence-corrected chi connectivity index (χ3v) is 7.63.